The van der Waals surface area contributed by atoms with Gasteiger partial charge in [0.25, 0.3) is 0 Å². The first-order valence-corrected chi connectivity index (χ1v) is 6.86. The molecule has 0 aliphatic heterocycles. The molecule has 0 fully saturated rings. The van der Waals surface area contributed by atoms with Gasteiger partial charge in [0.05, 0.1) is 0 Å². The van der Waals surface area contributed by atoms with Crippen LogP contribution in [0.4, 0.5) is 0 Å². The molecule has 0 aromatic rings. The minimum Gasteiger partial charge on any atom is -0.463 e. The molecular formula is C14H22O9. The van der Waals surface area contributed by atoms with Gasteiger partial charge >= 0.3 is 23.9 Å². The first-order chi connectivity index (χ1) is 10.6. The Morgan fingerprint density at radius 1 is 0.783 bits per heavy atom. The van der Waals surface area contributed by atoms with Gasteiger partial charge in [-0.25, -0.2) is 0 Å². The molecular weight excluding hydrogens is 312 g/mol. The lowest BCUT2D eigenvalue weighted by Crippen LogP contribution is -2.46. The van der Waals surface area contributed by atoms with Crippen LogP contribution in [0.25, 0.3) is 0 Å². The predicted molar refractivity (Wildman–Crippen MR) is 74.9 cm³/mol. The quantitative estimate of drug-likeness (QED) is 0.334. The number of hydrogen-bond acceptors (Lipinski definition) is 9. The first-order valence-electron chi connectivity index (χ1n) is 6.86. The molecule has 0 aliphatic carbocycles. The van der Waals surface area contributed by atoms with Crippen molar-refractivity contribution in [2.24, 2.45) is 0 Å². The van der Waals surface area contributed by atoms with Gasteiger partial charge in [-0.05, 0) is 6.92 Å². The summed E-state index contributed by atoms with van der Waals surface area (Å²) in [5, 5.41) is 0. The summed E-state index contributed by atoms with van der Waals surface area (Å²) in [4.78, 5) is 44.1. The summed E-state index contributed by atoms with van der Waals surface area (Å²) in [5.41, 5.74) is 0. The average molecular weight is 334 g/mol. The van der Waals surface area contributed by atoms with E-state index in [9.17, 15) is 19.2 Å². The van der Waals surface area contributed by atoms with Gasteiger partial charge in [-0.1, -0.05) is 0 Å². The van der Waals surface area contributed by atoms with Crippen LogP contribution in [0.3, 0.4) is 0 Å². The second kappa shape index (κ2) is 10.5. The lowest BCUT2D eigenvalue weighted by Gasteiger charge is -2.30. The summed E-state index contributed by atoms with van der Waals surface area (Å²) in [7, 11) is 0. The molecule has 0 aliphatic rings. The summed E-state index contributed by atoms with van der Waals surface area (Å²) >= 11 is 0. The van der Waals surface area contributed by atoms with Crippen LogP contribution in [0.2, 0.25) is 0 Å². The second-order valence-corrected chi connectivity index (χ2v) is 4.65. The topological polar surface area (TPSA) is 114 Å². The van der Waals surface area contributed by atoms with Crippen molar-refractivity contribution >= 4 is 23.9 Å². The van der Waals surface area contributed by atoms with Gasteiger partial charge in [0.2, 0.25) is 0 Å². The Morgan fingerprint density at radius 3 is 1.74 bits per heavy atom. The highest BCUT2D eigenvalue weighted by Gasteiger charge is 2.34. The van der Waals surface area contributed by atoms with Gasteiger partial charge < -0.3 is 23.7 Å². The molecule has 0 N–H and O–H groups in total. The molecule has 0 spiro atoms. The predicted octanol–water partition coefficient (Wildman–Crippen LogP) is 0.339. The highest BCUT2D eigenvalue weighted by atomic mass is 16.7. The molecule has 0 aromatic heterocycles. The third-order valence-electron chi connectivity index (χ3n) is 2.48. The third kappa shape index (κ3) is 10.2. The fourth-order valence-corrected chi connectivity index (χ4v) is 1.64. The number of hydrogen-bond donors (Lipinski definition) is 0. The van der Waals surface area contributed by atoms with Crippen LogP contribution in [0.1, 0.15) is 34.6 Å². The van der Waals surface area contributed by atoms with E-state index < -0.39 is 49.0 Å². The molecule has 0 aromatic carbocycles. The minimum absolute atomic E-state index is 0.278. The number of esters is 4. The van der Waals surface area contributed by atoms with Crippen LogP contribution in [-0.2, 0) is 42.9 Å². The van der Waals surface area contributed by atoms with Crippen molar-refractivity contribution in [3.63, 3.8) is 0 Å². The molecule has 132 valence electrons. The summed E-state index contributed by atoms with van der Waals surface area (Å²) in [6, 6.07) is 0. The largest absolute Gasteiger partial charge is 0.463 e. The van der Waals surface area contributed by atoms with Crippen molar-refractivity contribution in [3.8, 4) is 0 Å². The maximum absolute atomic E-state index is 11.3. The van der Waals surface area contributed by atoms with Gasteiger partial charge in [0.1, 0.15) is 18.8 Å². The van der Waals surface area contributed by atoms with Gasteiger partial charge in [0.15, 0.2) is 12.9 Å². The molecule has 9 heteroatoms. The number of ether oxygens (including phenoxy) is 5. The normalized spacial score (nSPS) is 14.1. The zero-order valence-electron chi connectivity index (χ0n) is 13.8. The van der Waals surface area contributed by atoms with Crippen LogP contribution in [0.15, 0.2) is 0 Å². The highest BCUT2D eigenvalue weighted by molar-refractivity contribution is 5.67. The Morgan fingerprint density at radius 2 is 1.30 bits per heavy atom. The monoisotopic (exact) mass is 334 g/mol. The van der Waals surface area contributed by atoms with Crippen molar-refractivity contribution in [2.45, 2.75) is 52.9 Å². The smallest absolute Gasteiger partial charge is 0.304 e. The van der Waals surface area contributed by atoms with Crippen LogP contribution in [0, 0.1) is 0 Å². The summed E-state index contributed by atoms with van der Waals surface area (Å²) in [5.74, 6) is -2.38. The zero-order chi connectivity index (χ0) is 18.0. The number of rotatable bonds is 9. The third-order valence-corrected chi connectivity index (χ3v) is 2.48. The Labute approximate surface area is 134 Å². The highest BCUT2D eigenvalue weighted by Crippen LogP contribution is 2.14. The van der Waals surface area contributed by atoms with Gasteiger partial charge in [-0.2, -0.15) is 0 Å². The number of carbonyl (C=O) groups excluding carboxylic acids is 4. The summed E-state index contributed by atoms with van der Waals surface area (Å²) in [6.07, 6.45) is -2.91. The van der Waals surface area contributed by atoms with Crippen molar-refractivity contribution in [1.82, 2.24) is 0 Å². The van der Waals surface area contributed by atoms with Crippen LogP contribution in [-0.4, -0.2) is 55.6 Å². The van der Waals surface area contributed by atoms with Crippen LogP contribution < -0.4 is 0 Å². The fraction of sp³-hybridized carbons (Fsp3) is 0.714. The molecule has 0 saturated heterocycles. The Bertz CT molecular complexity index is 432. The average Bonchev–Trinajstić information content (AvgIpc) is 2.38. The molecule has 9 nitrogen and oxygen atoms in total. The number of carbonyl (C=O) groups is 4. The SMILES string of the molecule is CC(=O)OCO[C@H](COC(C)=O)C(OC(C)=O)[C@@H](C)OC(C)=O. The Balaban J connectivity index is 5.06. The maximum Gasteiger partial charge on any atom is 0.304 e. The molecule has 0 radical (unpaired) electrons. The summed E-state index contributed by atoms with van der Waals surface area (Å²) in [6.45, 7) is 5.52. The first kappa shape index (κ1) is 20.8. The summed E-state index contributed by atoms with van der Waals surface area (Å²) < 4.78 is 24.8. The van der Waals surface area contributed by atoms with E-state index in [4.69, 9.17) is 18.9 Å². The van der Waals surface area contributed by atoms with Gasteiger partial charge in [-0.3, -0.25) is 19.2 Å². The van der Waals surface area contributed by atoms with E-state index >= 15 is 0 Å². The standard InChI is InChI=1S/C14H22O9/c1-8(22-11(4)17)14(23-12(5)18)13(6-19-9(2)15)21-7-20-10(3)16/h8,13-14H,6-7H2,1-5H3/t8-,13-,14?/m1/s1. The molecule has 1 unspecified atom stereocenters. The lowest BCUT2D eigenvalue weighted by atomic mass is 10.1. The lowest BCUT2D eigenvalue weighted by molar-refractivity contribution is -0.197. The molecule has 0 rings (SSSR count). The van der Waals surface area contributed by atoms with E-state index in [0.29, 0.717) is 0 Å². The molecule has 0 bridgehead atoms. The van der Waals surface area contributed by atoms with E-state index in [1.54, 1.807) is 0 Å². The minimum atomic E-state index is -1.05. The Kier molecular flexibility index (Phi) is 9.56. The van der Waals surface area contributed by atoms with Crippen LogP contribution in [0.5, 0.6) is 0 Å². The van der Waals surface area contributed by atoms with E-state index in [2.05, 4.69) is 4.74 Å². The second-order valence-electron chi connectivity index (χ2n) is 4.65. The van der Waals surface area contributed by atoms with Gasteiger partial charge in [-0.15, -0.1) is 0 Å². The maximum atomic E-state index is 11.3. The van der Waals surface area contributed by atoms with Crippen molar-refractivity contribution < 1.29 is 42.9 Å². The van der Waals surface area contributed by atoms with Crippen molar-refractivity contribution in [1.29, 1.82) is 0 Å². The molecule has 3 atom stereocenters. The molecule has 23 heavy (non-hydrogen) atoms. The van der Waals surface area contributed by atoms with Crippen molar-refractivity contribution in [3.05, 3.63) is 0 Å². The van der Waals surface area contributed by atoms with E-state index in [1.165, 1.54) is 34.6 Å². The van der Waals surface area contributed by atoms with Gasteiger partial charge in [0, 0.05) is 27.7 Å². The van der Waals surface area contributed by atoms with Crippen molar-refractivity contribution in [2.75, 3.05) is 13.4 Å². The van der Waals surface area contributed by atoms with E-state index in [-0.39, 0.29) is 6.61 Å². The van der Waals surface area contributed by atoms with Crippen LogP contribution >= 0.6 is 0 Å². The molecule has 0 amide bonds. The van der Waals surface area contributed by atoms with E-state index in [1.807, 2.05) is 0 Å². The molecule has 0 saturated carbocycles. The van der Waals surface area contributed by atoms with E-state index in [0.717, 1.165) is 0 Å². The zero-order valence-corrected chi connectivity index (χ0v) is 13.8. The fourth-order valence-electron chi connectivity index (χ4n) is 1.64. The Hall–Kier alpha value is -2.16. The molecule has 0 heterocycles.